The molecule has 8 heteroatoms. The SMILES string of the molecule is COc1ccc(CCNc2oc(-c3ccc(OC)cc3)nc2S(=O)(=O)c2ccccc2)cc1. The molecular formula is C25H24N2O5S. The molecule has 0 fully saturated rings. The highest BCUT2D eigenvalue weighted by Crippen LogP contribution is 2.33. The molecule has 0 aliphatic heterocycles. The number of benzene rings is 3. The number of ether oxygens (including phenoxy) is 2. The van der Waals surface area contributed by atoms with Crippen LogP contribution in [0.25, 0.3) is 11.5 Å². The Bertz CT molecular complexity index is 1300. The molecule has 0 amide bonds. The van der Waals surface area contributed by atoms with Crippen molar-refractivity contribution in [1.82, 2.24) is 4.98 Å². The van der Waals surface area contributed by atoms with Crippen LogP contribution in [0.15, 0.2) is 93.2 Å². The second-order valence-electron chi connectivity index (χ2n) is 7.22. The zero-order valence-electron chi connectivity index (χ0n) is 18.3. The van der Waals surface area contributed by atoms with E-state index in [2.05, 4.69) is 10.3 Å². The molecule has 0 atom stereocenters. The minimum Gasteiger partial charge on any atom is -0.497 e. The number of anilines is 1. The molecule has 0 saturated heterocycles. The number of hydrogen-bond acceptors (Lipinski definition) is 7. The molecule has 0 aliphatic rings. The quantitative estimate of drug-likeness (QED) is 0.379. The van der Waals surface area contributed by atoms with Gasteiger partial charge in [-0.2, -0.15) is 4.98 Å². The van der Waals surface area contributed by atoms with Crippen LogP contribution in [-0.2, 0) is 16.3 Å². The van der Waals surface area contributed by atoms with Crippen LogP contribution in [-0.4, -0.2) is 34.2 Å². The summed E-state index contributed by atoms with van der Waals surface area (Å²) < 4.78 is 42.9. The molecule has 3 aromatic carbocycles. The molecule has 0 unspecified atom stereocenters. The van der Waals surface area contributed by atoms with Gasteiger partial charge >= 0.3 is 0 Å². The first kappa shape index (κ1) is 22.4. The van der Waals surface area contributed by atoms with E-state index in [0.29, 0.717) is 24.3 Å². The van der Waals surface area contributed by atoms with Crippen LogP contribution in [0.5, 0.6) is 11.5 Å². The highest BCUT2D eigenvalue weighted by molar-refractivity contribution is 7.91. The number of nitrogens with zero attached hydrogens (tertiary/aromatic N) is 1. The lowest BCUT2D eigenvalue weighted by molar-refractivity contribution is 0.414. The molecular weight excluding hydrogens is 440 g/mol. The highest BCUT2D eigenvalue weighted by atomic mass is 32.2. The average Bonchev–Trinajstić information content (AvgIpc) is 3.30. The molecule has 0 bridgehead atoms. The van der Waals surface area contributed by atoms with Gasteiger partial charge in [0.1, 0.15) is 11.5 Å². The van der Waals surface area contributed by atoms with Gasteiger partial charge in [0.05, 0.1) is 19.1 Å². The maximum atomic E-state index is 13.3. The summed E-state index contributed by atoms with van der Waals surface area (Å²) in [5.41, 5.74) is 1.72. The normalized spacial score (nSPS) is 11.2. The van der Waals surface area contributed by atoms with Crippen LogP contribution in [0.3, 0.4) is 0 Å². The number of oxazole rings is 1. The maximum absolute atomic E-state index is 13.3. The van der Waals surface area contributed by atoms with Crippen molar-refractivity contribution in [3.8, 4) is 23.0 Å². The van der Waals surface area contributed by atoms with Crippen LogP contribution in [0, 0.1) is 0 Å². The summed E-state index contributed by atoms with van der Waals surface area (Å²) in [6, 6.07) is 23.0. The van der Waals surface area contributed by atoms with E-state index in [9.17, 15) is 8.42 Å². The standard InChI is InChI=1S/C25H24N2O5S/c1-30-20-12-8-18(9-13-20)16-17-26-24-25(33(28,29)22-6-4-3-5-7-22)27-23(32-24)19-10-14-21(31-2)15-11-19/h3-15,26H,16-17H2,1-2H3. The van der Waals surface area contributed by atoms with Gasteiger partial charge in [-0.05, 0) is 60.5 Å². The van der Waals surface area contributed by atoms with Gasteiger partial charge in [-0.1, -0.05) is 30.3 Å². The van der Waals surface area contributed by atoms with Crippen molar-refractivity contribution in [3.63, 3.8) is 0 Å². The zero-order chi connectivity index (χ0) is 23.3. The van der Waals surface area contributed by atoms with E-state index >= 15 is 0 Å². The average molecular weight is 465 g/mol. The second kappa shape index (κ2) is 9.79. The fraction of sp³-hybridized carbons (Fsp3) is 0.160. The Labute approximate surface area is 192 Å². The van der Waals surface area contributed by atoms with Gasteiger partial charge in [-0.3, -0.25) is 0 Å². The number of hydrogen-bond donors (Lipinski definition) is 1. The Kier molecular flexibility index (Phi) is 6.65. The number of aromatic nitrogens is 1. The third-order valence-electron chi connectivity index (χ3n) is 5.10. The number of nitrogens with one attached hydrogen (secondary N) is 1. The predicted molar refractivity (Wildman–Crippen MR) is 126 cm³/mol. The summed E-state index contributed by atoms with van der Waals surface area (Å²) in [5.74, 6) is 1.78. The van der Waals surface area contributed by atoms with E-state index in [1.165, 1.54) is 12.1 Å². The van der Waals surface area contributed by atoms with Crippen molar-refractivity contribution in [2.45, 2.75) is 16.3 Å². The molecule has 7 nitrogen and oxygen atoms in total. The Morgan fingerprint density at radius 3 is 2.06 bits per heavy atom. The monoisotopic (exact) mass is 464 g/mol. The molecule has 1 aromatic heterocycles. The first-order valence-corrected chi connectivity index (χ1v) is 11.8. The Hall–Kier alpha value is -3.78. The summed E-state index contributed by atoms with van der Waals surface area (Å²) in [6.45, 7) is 0.459. The van der Waals surface area contributed by atoms with Crippen molar-refractivity contribution in [2.24, 2.45) is 0 Å². The van der Waals surface area contributed by atoms with Crippen molar-refractivity contribution >= 4 is 15.7 Å². The third kappa shape index (κ3) is 5.01. The topological polar surface area (TPSA) is 90.7 Å². The fourth-order valence-electron chi connectivity index (χ4n) is 3.28. The maximum Gasteiger partial charge on any atom is 0.233 e. The molecule has 4 rings (SSSR count). The molecule has 0 radical (unpaired) electrons. The lowest BCUT2D eigenvalue weighted by atomic mass is 10.1. The first-order chi connectivity index (χ1) is 16.0. The van der Waals surface area contributed by atoms with Gasteiger partial charge in [-0.25, -0.2) is 8.42 Å². The number of methoxy groups -OCH3 is 2. The zero-order valence-corrected chi connectivity index (χ0v) is 19.1. The van der Waals surface area contributed by atoms with Crippen LogP contribution in [0.2, 0.25) is 0 Å². The van der Waals surface area contributed by atoms with E-state index in [1.54, 1.807) is 56.7 Å². The summed E-state index contributed by atoms with van der Waals surface area (Å²) in [7, 11) is -0.683. The van der Waals surface area contributed by atoms with E-state index < -0.39 is 9.84 Å². The van der Waals surface area contributed by atoms with Gasteiger partial charge in [0.15, 0.2) is 0 Å². The fourth-order valence-corrected chi connectivity index (χ4v) is 4.58. The van der Waals surface area contributed by atoms with E-state index in [4.69, 9.17) is 13.9 Å². The first-order valence-electron chi connectivity index (χ1n) is 10.3. The van der Waals surface area contributed by atoms with Crippen molar-refractivity contribution < 1.29 is 22.3 Å². The molecule has 4 aromatic rings. The molecule has 33 heavy (non-hydrogen) atoms. The molecule has 1 heterocycles. The number of rotatable bonds is 9. The Morgan fingerprint density at radius 1 is 0.848 bits per heavy atom. The molecule has 0 spiro atoms. The molecule has 1 N–H and O–H groups in total. The van der Waals surface area contributed by atoms with E-state index in [1.807, 2.05) is 24.3 Å². The minimum absolute atomic E-state index is 0.109. The lowest BCUT2D eigenvalue weighted by Crippen LogP contribution is -2.09. The largest absolute Gasteiger partial charge is 0.497 e. The van der Waals surface area contributed by atoms with Crippen LogP contribution in [0.4, 0.5) is 5.88 Å². The highest BCUT2D eigenvalue weighted by Gasteiger charge is 2.28. The van der Waals surface area contributed by atoms with E-state index in [-0.39, 0.29) is 21.7 Å². The smallest absolute Gasteiger partial charge is 0.233 e. The van der Waals surface area contributed by atoms with Gasteiger partial charge in [0, 0.05) is 12.1 Å². The van der Waals surface area contributed by atoms with Crippen LogP contribution in [0.1, 0.15) is 5.56 Å². The van der Waals surface area contributed by atoms with Crippen molar-refractivity contribution in [3.05, 3.63) is 84.4 Å². The van der Waals surface area contributed by atoms with Gasteiger partial charge in [0.2, 0.25) is 26.6 Å². The summed E-state index contributed by atoms with van der Waals surface area (Å²) in [6.07, 6.45) is 0.660. The lowest BCUT2D eigenvalue weighted by Gasteiger charge is -2.07. The minimum atomic E-state index is -3.88. The van der Waals surface area contributed by atoms with Crippen molar-refractivity contribution in [1.29, 1.82) is 0 Å². The van der Waals surface area contributed by atoms with Crippen molar-refractivity contribution in [2.75, 3.05) is 26.1 Å². The van der Waals surface area contributed by atoms with Gasteiger partial charge in [0.25, 0.3) is 0 Å². The second-order valence-corrected chi connectivity index (χ2v) is 9.09. The number of sulfone groups is 1. The predicted octanol–water partition coefficient (Wildman–Crippen LogP) is 4.85. The summed E-state index contributed by atoms with van der Waals surface area (Å²) in [5, 5.41) is 2.97. The summed E-state index contributed by atoms with van der Waals surface area (Å²) >= 11 is 0. The Balaban J connectivity index is 1.63. The van der Waals surface area contributed by atoms with E-state index in [0.717, 1.165) is 11.3 Å². The summed E-state index contributed by atoms with van der Waals surface area (Å²) in [4.78, 5) is 4.51. The molecule has 0 aliphatic carbocycles. The van der Waals surface area contributed by atoms with Crippen LogP contribution >= 0.6 is 0 Å². The third-order valence-corrected chi connectivity index (χ3v) is 6.78. The molecule has 170 valence electrons. The van der Waals surface area contributed by atoms with Gasteiger partial charge in [-0.15, -0.1) is 0 Å². The Morgan fingerprint density at radius 2 is 1.45 bits per heavy atom. The van der Waals surface area contributed by atoms with Gasteiger partial charge < -0.3 is 19.2 Å². The van der Waals surface area contributed by atoms with Crippen LogP contribution < -0.4 is 14.8 Å². The molecule has 0 saturated carbocycles.